The molecule has 1 amide bonds. The van der Waals surface area contributed by atoms with Crippen LogP contribution >= 0.6 is 0 Å². The second-order valence-electron chi connectivity index (χ2n) is 6.67. The minimum absolute atomic E-state index is 0.0229. The number of amides is 1. The van der Waals surface area contributed by atoms with E-state index in [2.05, 4.69) is 9.97 Å². The fourth-order valence-corrected chi connectivity index (χ4v) is 3.39. The highest BCUT2D eigenvalue weighted by Crippen LogP contribution is 2.38. The smallest absolute Gasteiger partial charge is 0.263 e. The third-order valence-electron chi connectivity index (χ3n) is 4.81. The highest BCUT2D eigenvalue weighted by atomic mass is 16.5. The van der Waals surface area contributed by atoms with Gasteiger partial charge in [0, 0.05) is 18.3 Å². The molecule has 0 unspecified atom stereocenters. The number of phenolic OH excluding ortho intramolecular Hbond substituents is 1. The van der Waals surface area contributed by atoms with Gasteiger partial charge in [-0.2, -0.15) is 0 Å². The van der Waals surface area contributed by atoms with Crippen LogP contribution in [0.1, 0.15) is 21.5 Å². The number of carbonyl (C=O) groups is 1. The number of phenols is 1. The number of nitrogens with zero attached hydrogens (tertiary/aromatic N) is 2. The summed E-state index contributed by atoms with van der Waals surface area (Å²) in [6.07, 6.45) is 2.50. The van der Waals surface area contributed by atoms with Gasteiger partial charge in [0.05, 0.1) is 12.9 Å². The zero-order chi connectivity index (χ0) is 19.7. The maximum atomic E-state index is 12.8. The first-order valence-electron chi connectivity index (χ1n) is 8.91. The summed E-state index contributed by atoms with van der Waals surface area (Å²) in [5.41, 5.74) is 3.08. The Balaban J connectivity index is 1.73. The molecule has 1 aliphatic rings. The minimum Gasteiger partial charge on any atom is -0.504 e. The lowest BCUT2D eigenvalue weighted by Crippen LogP contribution is -2.35. The average Bonchev–Trinajstić information content (AvgIpc) is 2.91. The van der Waals surface area contributed by atoms with Crippen LogP contribution in [-0.2, 0) is 6.54 Å². The second-order valence-corrected chi connectivity index (χ2v) is 6.67. The van der Waals surface area contributed by atoms with Crippen molar-refractivity contribution in [3.63, 3.8) is 0 Å². The van der Waals surface area contributed by atoms with Crippen LogP contribution in [0.25, 0.3) is 11.1 Å². The van der Waals surface area contributed by atoms with Crippen molar-refractivity contribution in [2.24, 2.45) is 0 Å². The van der Waals surface area contributed by atoms with Crippen LogP contribution < -0.4 is 10.3 Å². The Morgan fingerprint density at radius 1 is 1.29 bits per heavy atom. The second kappa shape index (κ2) is 7.19. The molecule has 1 aromatic heterocycles. The largest absolute Gasteiger partial charge is 0.504 e. The molecule has 0 spiro atoms. The van der Waals surface area contributed by atoms with Gasteiger partial charge in [-0.3, -0.25) is 9.59 Å². The molecule has 2 aromatic carbocycles. The van der Waals surface area contributed by atoms with E-state index in [-0.39, 0.29) is 24.5 Å². The molecule has 0 fully saturated rings. The van der Waals surface area contributed by atoms with E-state index in [4.69, 9.17) is 4.74 Å². The fourth-order valence-electron chi connectivity index (χ4n) is 3.39. The third kappa shape index (κ3) is 3.22. The molecule has 7 nitrogen and oxygen atoms in total. The van der Waals surface area contributed by atoms with Crippen LogP contribution in [0.2, 0.25) is 0 Å². The van der Waals surface area contributed by atoms with Crippen LogP contribution in [0.4, 0.5) is 0 Å². The van der Waals surface area contributed by atoms with Gasteiger partial charge < -0.3 is 19.7 Å². The van der Waals surface area contributed by atoms with E-state index in [9.17, 15) is 14.7 Å². The molecule has 142 valence electrons. The van der Waals surface area contributed by atoms with E-state index in [0.29, 0.717) is 17.9 Å². The lowest BCUT2D eigenvalue weighted by Gasteiger charge is -2.19. The zero-order valence-corrected chi connectivity index (χ0v) is 15.3. The Kier molecular flexibility index (Phi) is 4.57. The first kappa shape index (κ1) is 17.8. The number of aromatic nitrogens is 2. The number of aromatic hydroxyl groups is 1. The Bertz CT molecular complexity index is 1110. The molecule has 1 aliphatic heterocycles. The van der Waals surface area contributed by atoms with Crippen molar-refractivity contribution < 1.29 is 14.6 Å². The summed E-state index contributed by atoms with van der Waals surface area (Å²) >= 11 is 0. The van der Waals surface area contributed by atoms with Gasteiger partial charge in [0.15, 0.2) is 11.5 Å². The Labute approximate surface area is 161 Å². The summed E-state index contributed by atoms with van der Waals surface area (Å²) in [5, 5.41) is 10.5. The Hall–Kier alpha value is -3.61. The van der Waals surface area contributed by atoms with Crippen molar-refractivity contribution in [3.05, 3.63) is 76.0 Å². The number of hydrogen-bond acceptors (Lipinski definition) is 5. The number of carbonyl (C=O) groups excluding carboxylic acids is 1. The van der Waals surface area contributed by atoms with Crippen LogP contribution in [0.15, 0.2) is 53.7 Å². The van der Waals surface area contributed by atoms with Gasteiger partial charge in [0.1, 0.15) is 12.2 Å². The highest BCUT2D eigenvalue weighted by Gasteiger charge is 2.25. The fraction of sp³-hybridized carbons (Fsp3) is 0.190. The SMILES string of the molecule is Cc1ccccc1-c1cc(O)c2c(c1)CN(C(=O)c1cnc[nH]c1=O)CCO2. The standard InChI is InChI=1S/C21H19N3O4/c1-13-4-2-3-5-16(13)14-8-15-11-24(6-7-28-19(15)18(25)9-14)21(27)17-10-22-12-23-20(17)26/h2-5,8-10,12,25H,6-7,11H2,1H3,(H,22,23,26). The molecule has 0 saturated carbocycles. The summed E-state index contributed by atoms with van der Waals surface area (Å²) < 4.78 is 5.70. The molecule has 0 aliphatic carbocycles. The topological polar surface area (TPSA) is 95.5 Å². The number of benzene rings is 2. The summed E-state index contributed by atoms with van der Waals surface area (Å²) in [4.78, 5) is 32.6. The number of aromatic amines is 1. The van der Waals surface area contributed by atoms with Gasteiger partial charge in [-0.25, -0.2) is 4.98 Å². The molecule has 0 radical (unpaired) electrons. The minimum atomic E-state index is -0.484. The van der Waals surface area contributed by atoms with Crippen molar-refractivity contribution in [2.75, 3.05) is 13.2 Å². The molecule has 0 bridgehead atoms. The number of H-pyrrole nitrogens is 1. The van der Waals surface area contributed by atoms with E-state index in [0.717, 1.165) is 16.7 Å². The van der Waals surface area contributed by atoms with E-state index in [1.54, 1.807) is 6.07 Å². The Morgan fingerprint density at radius 3 is 2.89 bits per heavy atom. The summed E-state index contributed by atoms with van der Waals surface area (Å²) in [6.45, 7) is 2.73. The Morgan fingerprint density at radius 2 is 2.11 bits per heavy atom. The summed E-state index contributed by atoms with van der Waals surface area (Å²) in [6, 6.07) is 11.5. The lowest BCUT2D eigenvalue weighted by molar-refractivity contribution is 0.0731. The molecule has 3 aromatic rings. The quantitative estimate of drug-likeness (QED) is 0.715. The molecule has 4 rings (SSSR count). The number of hydrogen-bond donors (Lipinski definition) is 2. The van der Waals surface area contributed by atoms with Crippen molar-refractivity contribution in [1.82, 2.24) is 14.9 Å². The van der Waals surface area contributed by atoms with Gasteiger partial charge in [0.25, 0.3) is 11.5 Å². The number of fused-ring (bicyclic) bond motifs is 1. The lowest BCUT2D eigenvalue weighted by atomic mass is 9.97. The predicted molar refractivity (Wildman–Crippen MR) is 103 cm³/mol. The highest BCUT2D eigenvalue weighted by molar-refractivity contribution is 5.93. The van der Waals surface area contributed by atoms with E-state index in [1.807, 2.05) is 37.3 Å². The molecule has 2 heterocycles. The van der Waals surface area contributed by atoms with Crippen molar-refractivity contribution in [2.45, 2.75) is 13.5 Å². The molecule has 0 atom stereocenters. The molecule has 28 heavy (non-hydrogen) atoms. The number of ether oxygens (including phenoxy) is 1. The molecular formula is C21H19N3O4. The maximum absolute atomic E-state index is 12.8. The summed E-state index contributed by atoms with van der Waals surface area (Å²) in [5.74, 6) is -0.0245. The first-order chi connectivity index (χ1) is 13.5. The van der Waals surface area contributed by atoms with Gasteiger partial charge in [-0.15, -0.1) is 0 Å². The monoisotopic (exact) mass is 377 g/mol. The van der Waals surface area contributed by atoms with E-state index >= 15 is 0 Å². The number of aryl methyl sites for hydroxylation is 1. The van der Waals surface area contributed by atoms with Crippen molar-refractivity contribution >= 4 is 5.91 Å². The molecule has 2 N–H and O–H groups in total. The first-order valence-corrected chi connectivity index (χ1v) is 8.91. The van der Waals surface area contributed by atoms with Crippen LogP contribution in [0.3, 0.4) is 0 Å². The number of nitrogens with one attached hydrogen (secondary N) is 1. The van der Waals surface area contributed by atoms with Crippen molar-refractivity contribution in [1.29, 1.82) is 0 Å². The van der Waals surface area contributed by atoms with Gasteiger partial charge in [-0.05, 0) is 35.7 Å². The van der Waals surface area contributed by atoms with Gasteiger partial charge in [0.2, 0.25) is 0 Å². The van der Waals surface area contributed by atoms with Crippen LogP contribution in [-0.4, -0.2) is 39.0 Å². The molecule has 0 saturated heterocycles. The zero-order valence-electron chi connectivity index (χ0n) is 15.3. The predicted octanol–water partition coefficient (Wildman–Crippen LogP) is 2.49. The average molecular weight is 377 g/mol. The van der Waals surface area contributed by atoms with E-state index < -0.39 is 11.5 Å². The van der Waals surface area contributed by atoms with Crippen LogP contribution in [0, 0.1) is 6.92 Å². The van der Waals surface area contributed by atoms with E-state index in [1.165, 1.54) is 17.4 Å². The number of rotatable bonds is 2. The van der Waals surface area contributed by atoms with Crippen molar-refractivity contribution in [3.8, 4) is 22.6 Å². The van der Waals surface area contributed by atoms with Gasteiger partial charge >= 0.3 is 0 Å². The molecule has 7 heteroatoms. The normalized spacial score (nSPS) is 13.4. The van der Waals surface area contributed by atoms with Crippen LogP contribution in [0.5, 0.6) is 11.5 Å². The maximum Gasteiger partial charge on any atom is 0.263 e. The molecular weight excluding hydrogens is 358 g/mol. The summed E-state index contributed by atoms with van der Waals surface area (Å²) in [7, 11) is 0. The van der Waals surface area contributed by atoms with Gasteiger partial charge in [-0.1, -0.05) is 24.3 Å². The third-order valence-corrected chi connectivity index (χ3v) is 4.81.